The summed E-state index contributed by atoms with van der Waals surface area (Å²) in [7, 11) is 3.70. The van der Waals surface area contributed by atoms with Crippen molar-refractivity contribution in [1.82, 2.24) is 34.8 Å². The summed E-state index contributed by atoms with van der Waals surface area (Å²) in [4.78, 5) is 28.5. The zero-order chi connectivity index (χ0) is 25.7. The van der Waals surface area contributed by atoms with Gasteiger partial charge in [0.2, 0.25) is 5.28 Å². The summed E-state index contributed by atoms with van der Waals surface area (Å²) in [5, 5.41) is 25.6. The molecule has 0 aliphatic carbocycles. The third kappa shape index (κ3) is 9.99. The first-order chi connectivity index (χ1) is 16.1. The van der Waals surface area contributed by atoms with Crippen LogP contribution < -0.4 is 11.5 Å². The first-order valence-electron chi connectivity index (χ1n) is 8.60. The Bertz CT molecular complexity index is 1230. The molecule has 3 aromatic heterocycles. The van der Waals surface area contributed by atoms with Crippen LogP contribution in [0.25, 0.3) is 0 Å². The van der Waals surface area contributed by atoms with E-state index in [1.54, 1.807) is 11.2 Å². The summed E-state index contributed by atoms with van der Waals surface area (Å²) in [6, 6.07) is 5.67. The van der Waals surface area contributed by atoms with E-state index in [1.807, 2.05) is 77.5 Å². The van der Waals surface area contributed by atoms with Gasteiger partial charge in [0.25, 0.3) is 0 Å². The lowest BCUT2D eigenvalue weighted by atomic mass is 10.3. The Balaban J connectivity index is 0.000000261. The second kappa shape index (κ2) is 14.6. The third-order valence-corrected chi connectivity index (χ3v) is 4.31. The lowest BCUT2D eigenvalue weighted by Crippen LogP contribution is -2.07. The number of aromatic nitrogens is 6. The molecule has 0 bridgehead atoms. The van der Waals surface area contributed by atoms with Crippen LogP contribution in [0.4, 0.5) is 17.5 Å². The molecule has 3 heterocycles. The van der Waals surface area contributed by atoms with Crippen LogP contribution in [0.15, 0.2) is 23.6 Å². The van der Waals surface area contributed by atoms with Crippen LogP contribution in [0, 0.1) is 41.7 Å². The molecule has 0 fully saturated rings. The monoisotopic (exact) mass is 701 g/mol. The van der Waals surface area contributed by atoms with Gasteiger partial charge in [0, 0.05) is 59.3 Å². The van der Waals surface area contributed by atoms with Gasteiger partial charge in [-0.1, -0.05) is 0 Å². The van der Waals surface area contributed by atoms with Crippen molar-refractivity contribution in [3.8, 4) is 18.2 Å². The molecule has 0 amide bonds. The van der Waals surface area contributed by atoms with Crippen molar-refractivity contribution in [3.05, 3.63) is 48.2 Å². The Morgan fingerprint density at radius 2 is 1.32 bits per heavy atom. The molecule has 3 aromatic rings. The molecule has 0 saturated carbocycles. The smallest absolute Gasteiger partial charge is 0.224 e. The van der Waals surface area contributed by atoms with Crippen LogP contribution in [0.1, 0.15) is 16.7 Å². The van der Waals surface area contributed by atoms with Gasteiger partial charge in [-0.25, -0.2) is 29.9 Å². The quantitative estimate of drug-likeness (QED) is 0.170. The van der Waals surface area contributed by atoms with Crippen LogP contribution in [0.2, 0.25) is 5.28 Å². The van der Waals surface area contributed by atoms with E-state index in [0.717, 1.165) is 0 Å². The van der Waals surface area contributed by atoms with Gasteiger partial charge in [0.15, 0.2) is 13.5 Å². The van der Waals surface area contributed by atoms with Crippen molar-refractivity contribution < 1.29 is 0 Å². The van der Waals surface area contributed by atoms with E-state index < -0.39 is 0 Å². The molecule has 0 aromatic carbocycles. The number of nitrogens with zero attached hydrogens (tertiary/aromatic N) is 11. The molecule has 0 radical (unpaired) electrons. The Morgan fingerprint density at radius 1 is 0.853 bits per heavy atom. The normalized spacial score (nSPS) is 9.35. The number of hydrogen-bond acceptors (Lipinski definition) is 12. The van der Waals surface area contributed by atoms with Crippen molar-refractivity contribution >= 4 is 80.6 Å². The fourth-order valence-electron chi connectivity index (χ4n) is 1.62. The third-order valence-electron chi connectivity index (χ3n) is 3.09. The maximum atomic E-state index is 8.75. The van der Waals surface area contributed by atoms with Crippen LogP contribution in [-0.4, -0.2) is 55.2 Å². The number of nitrogens with two attached hydrogens (primary N) is 2. The molecule has 172 valence electrons. The van der Waals surface area contributed by atoms with Gasteiger partial charge in [0.1, 0.15) is 46.5 Å². The Kier molecular flexibility index (Phi) is 12.3. The predicted octanol–water partition coefficient (Wildman–Crippen LogP) is 2.29. The second-order valence-corrected chi connectivity index (χ2v) is 8.06. The predicted molar refractivity (Wildman–Crippen MR) is 141 cm³/mol. The standard InChI is InChI=1S/C8H8IN5.C5H3ClN4.C5H3IN4/c1-14(2)5-12-7-6(3-10)4-11-8(9)13-7;2*6-5-9-2-3(1-7)4(8)10-5/h4-5H,1-2H3;2*2H,(H2,8,9,10). The molecule has 13 nitrogen and oxygen atoms in total. The molecule has 0 aliphatic rings. The number of anilines is 2. The minimum absolute atomic E-state index is 0.0523. The minimum Gasteiger partial charge on any atom is -0.382 e. The highest BCUT2D eigenvalue weighted by Gasteiger charge is 2.03. The molecule has 0 atom stereocenters. The van der Waals surface area contributed by atoms with Gasteiger partial charge in [-0.05, 0) is 11.6 Å². The largest absolute Gasteiger partial charge is 0.382 e. The Hall–Kier alpha value is -3.47. The summed E-state index contributed by atoms with van der Waals surface area (Å²) >= 11 is 9.27. The zero-order valence-corrected chi connectivity index (χ0v) is 22.6. The van der Waals surface area contributed by atoms with Crippen molar-refractivity contribution in [2.45, 2.75) is 0 Å². The van der Waals surface area contributed by atoms with Crippen LogP contribution in [0.3, 0.4) is 0 Å². The van der Waals surface area contributed by atoms with E-state index >= 15 is 0 Å². The van der Waals surface area contributed by atoms with Crippen LogP contribution in [0.5, 0.6) is 0 Å². The summed E-state index contributed by atoms with van der Waals surface area (Å²) in [6.45, 7) is 0. The number of nitrogen functional groups attached to an aromatic ring is 2. The number of nitriles is 3. The lowest BCUT2D eigenvalue weighted by Gasteiger charge is -2.02. The molecule has 4 N–H and O–H groups in total. The SMILES string of the molecule is CN(C)C=Nc1nc(I)ncc1C#N.N#Cc1cnc(Cl)nc1N.N#Cc1cnc(I)nc1N. The Labute approximate surface area is 226 Å². The minimum atomic E-state index is 0.0523. The average Bonchev–Trinajstić information content (AvgIpc) is 2.79. The van der Waals surface area contributed by atoms with E-state index in [2.05, 4.69) is 34.9 Å². The van der Waals surface area contributed by atoms with Crippen molar-refractivity contribution in [1.29, 1.82) is 15.8 Å². The van der Waals surface area contributed by atoms with E-state index in [1.165, 1.54) is 18.6 Å². The van der Waals surface area contributed by atoms with Crippen molar-refractivity contribution in [2.24, 2.45) is 4.99 Å². The van der Waals surface area contributed by atoms with E-state index in [9.17, 15) is 0 Å². The van der Waals surface area contributed by atoms with Gasteiger partial charge < -0.3 is 16.4 Å². The van der Waals surface area contributed by atoms with Crippen molar-refractivity contribution in [3.63, 3.8) is 0 Å². The fraction of sp³-hybridized carbons (Fsp3) is 0.111. The maximum absolute atomic E-state index is 8.75. The molecule has 0 saturated heterocycles. The van der Waals surface area contributed by atoms with E-state index in [0.29, 0.717) is 24.6 Å². The highest BCUT2D eigenvalue weighted by Crippen LogP contribution is 2.14. The first-order valence-corrected chi connectivity index (χ1v) is 11.1. The average molecular weight is 702 g/mol. The summed E-state index contributed by atoms with van der Waals surface area (Å²) in [6.07, 6.45) is 5.76. The number of hydrogen-bond donors (Lipinski definition) is 2. The fourth-order valence-corrected chi connectivity index (χ4v) is 2.52. The van der Waals surface area contributed by atoms with E-state index in [-0.39, 0.29) is 22.5 Å². The van der Waals surface area contributed by atoms with Gasteiger partial charge in [0.05, 0.1) is 24.9 Å². The summed E-state index contributed by atoms with van der Waals surface area (Å²) in [5.74, 6) is 0.755. The molecule has 0 aliphatic heterocycles. The molecule has 16 heteroatoms. The maximum Gasteiger partial charge on any atom is 0.224 e. The topological polar surface area (TPSA) is 216 Å². The highest BCUT2D eigenvalue weighted by atomic mass is 127. The van der Waals surface area contributed by atoms with Crippen LogP contribution >= 0.6 is 56.8 Å². The van der Waals surface area contributed by atoms with Gasteiger partial charge in [-0.15, -0.1) is 0 Å². The number of rotatable bonds is 2. The summed E-state index contributed by atoms with van der Waals surface area (Å²) in [5.41, 5.74) is 11.6. The lowest BCUT2D eigenvalue weighted by molar-refractivity contribution is 0.643. The van der Waals surface area contributed by atoms with Crippen molar-refractivity contribution in [2.75, 3.05) is 25.6 Å². The van der Waals surface area contributed by atoms with Gasteiger partial charge in [-0.3, -0.25) is 0 Å². The molecule has 34 heavy (non-hydrogen) atoms. The molecule has 3 rings (SSSR count). The van der Waals surface area contributed by atoms with E-state index in [4.69, 9.17) is 38.9 Å². The number of halogens is 3. The Morgan fingerprint density at radius 3 is 1.79 bits per heavy atom. The summed E-state index contributed by atoms with van der Waals surface area (Å²) < 4.78 is 1.13. The molecule has 0 unspecified atom stereocenters. The molecular formula is C18H14ClI2N13. The molecular weight excluding hydrogens is 688 g/mol. The first kappa shape index (κ1) is 28.6. The van der Waals surface area contributed by atoms with Gasteiger partial charge in [-0.2, -0.15) is 20.8 Å². The zero-order valence-electron chi connectivity index (χ0n) is 17.5. The highest BCUT2D eigenvalue weighted by molar-refractivity contribution is 14.1. The second-order valence-electron chi connectivity index (χ2n) is 5.80. The van der Waals surface area contributed by atoms with Gasteiger partial charge >= 0.3 is 0 Å². The van der Waals surface area contributed by atoms with Crippen LogP contribution in [-0.2, 0) is 0 Å². The molecule has 0 spiro atoms. The number of aliphatic imine (C=N–C) groups is 1.